The Kier molecular flexibility index (Phi) is 5.37. The molecule has 0 spiro atoms. The van der Waals surface area contributed by atoms with Crippen molar-refractivity contribution >= 4 is 0 Å². The van der Waals surface area contributed by atoms with Crippen LogP contribution in [0.5, 0.6) is 0 Å². The van der Waals surface area contributed by atoms with Gasteiger partial charge >= 0.3 is 0 Å². The minimum atomic E-state index is 0.454. The fourth-order valence-electron chi connectivity index (χ4n) is 2.80. The fraction of sp³-hybridized carbons (Fsp3) is 0.867. The van der Waals surface area contributed by atoms with E-state index in [2.05, 4.69) is 40.7 Å². The summed E-state index contributed by atoms with van der Waals surface area (Å²) < 4.78 is 6.20. The van der Waals surface area contributed by atoms with Crippen LogP contribution in [0.15, 0.2) is 11.8 Å². The Morgan fingerprint density at radius 2 is 2.06 bits per heavy atom. The molecule has 0 heterocycles. The second kappa shape index (κ2) is 6.32. The van der Waals surface area contributed by atoms with E-state index in [1.807, 2.05) is 0 Å². The van der Waals surface area contributed by atoms with Crippen molar-refractivity contribution < 1.29 is 4.74 Å². The van der Waals surface area contributed by atoms with E-state index in [4.69, 9.17) is 4.74 Å². The molecule has 16 heavy (non-hydrogen) atoms. The van der Waals surface area contributed by atoms with Crippen LogP contribution in [-0.4, -0.2) is 6.10 Å². The Morgan fingerprint density at radius 3 is 2.56 bits per heavy atom. The molecule has 0 aromatic carbocycles. The van der Waals surface area contributed by atoms with E-state index in [0.29, 0.717) is 6.10 Å². The normalized spacial score (nSPS) is 31.9. The highest BCUT2D eigenvalue weighted by Crippen LogP contribution is 2.36. The minimum absolute atomic E-state index is 0.454. The van der Waals surface area contributed by atoms with Crippen LogP contribution in [0.3, 0.4) is 0 Å². The number of hydrogen-bond acceptors (Lipinski definition) is 1. The van der Waals surface area contributed by atoms with E-state index in [1.165, 1.54) is 25.0 Å². The number of rotatable bonds is 4. The maximum absolute atomic E-state index is 6.20. The SMILES string of the molecule is C/C=C(\CC)O[C@@H]1C[C@H](C)CC[C@H]1C(C)C. The molecule has 1 aliphatic rings. The van der Waals surface area contributed by atoms with Crippen LogP contribution >= 0.6 is 0 Å². The summed E-state index contributed by atoms with van der Waals surface area (Å²) in [5.74, 6) is 3.49. The van der Waals surface area contributed by atoms with Gasteiger partial charge in [0.1, 0.15) is 6.10 Å². The van der Waals surface area contributed by atoms with Gasteiger partial charge in [-0.05, 0) is 43.6 Å². The molecule has 1 rings (SSSR count). The molecule has 1 aliphatic carbocycles. The van der Waals surface area contributed by atoms with Crippen molar-refractivity contribution in [2.24, 2.45) is 17.8 Å². The summed E-state index contributed by atoms with van der Waals surface area (Å²) in [5.41, 5.74) is 0. The Bertz CT molecular complexity index is 230. The number of allylic oxidation sites excluding steroid dienone is 2. The lowest BCUT2D eigenvalue weighted by Gasteiger charge is -2.37. The fourth-order valence-corrected chi connectivity index (χ4v) is 2.80. The highest BCUT2D eigenvalue weighted by Gasteiger charge is 2.32. The lowest BCUT2D eigenvalue weighted by molar-refractivity contribution is -0.00388. The summed E-state index contributed by atoms with van der Waals surface area (Å²) in [7, 11) is 0. The number of hydrogen-bond donors (Lipinski definition) is 0. The van der Waals surface area contributed by atoms with E-state index in [9.17, 15) is 0 Å². The van der Waals surface area contributed by atoms with Crippen LogP contribution in [-0.2, 0) is 4.74 Å². The third-order valence-electron chi connectivity index (χ3n) is 3.93. The van der Waals surface area contributed by atoms with Crippen LogP contribution in [0.1, 0.15) is 60.3 Å². The zero-order valence-electron chi connectivity index (χ0n) is 11.6. The predicted molar refractivity (Wildman–Crippen MR) is 70.3 cm³/mol. The van der Waals surface area contributed by atoms with Crippen molar-refractivity contribution in [1.82, 2.24) is 0 Å². The molecule has 1 heteroatoms. The van der Waals surface area contributed by atoms with Gasteiger partial charge in [-0.1, -0.05) is 34.1 Å². The van der Waals surface area contributed by atoms with Crippen LogP contribution in [0.2, 0.25) is 0 Å². The van der Waals surface area contributed by atoms with E-state index in [1.54, 1.807) is 0 Å². The number of ether oxygens (including phenoxy) is 1. The first-order valence-corrected chi connectivity index (χ1v) is 6.90. The van der Waals surface area contributed by atoms with Gasteiger partial charge in [-0.3, -0.25) is 0 Å². The van der Waals surface area contributed by atoms with Crippen LogP contribution in [0, 0.1) is 17.8 Å². The monoisotopic (exact) mass is 224 g/mol. The smallest absolute Gasteiger partial charge is 0.101 e. The molecule has 0 aromatic heterocycles. The van der Waals surface area contributed by atoms with E-state index >= 15 is 0 Å². The molecule has 0 saturated heterocycles. The van der Waals surface area contributed by atoms with Gasteiger partial charge in [-0.25, -0.2) is 0 Å². The molecule has 1 nitrogen and oxygen atoms in total. The highest BCUT2D eigenvalue weighted by atomic mass is 16.5. The van der Waals surface area contributed by atoms with E-state index in [0.717, 1.165) is 24.2 Å². The molecule has 0 bridgehead atoms. The topological polar surface area (TPSA) is 9.23 Å². The third kappa shape index (κ3) is 3.54. The van der Waals surface area contributed by atoms with Gasteiger partial charge in [0, 0.05) is 6.42 Å². The van der Waals surface area contributed by atoms with Crippen LogP contribution in [0.4, 0.5) is 0 Å². The first kappa shape index (κ1) is 13.6. The Morgan fingerprint density at radius 1 is 1.38 bits per heavy atom. The first-order chi connectivity index (χ1) is 7.58. The van der Waals surface area contributed by atoms with Gasteiger partial charge in [-0.2, -0.15) is 0 Å². The molecule has 0 N–H and O–H groups in total. The molecule has 1 saturated carbocycles. The van der Waals surface area contributed by atoms with Crippen molar-refractivity contribution in [3.05, 3.63) is 11.8 Å². The van der Waals surface area contributed by atoms with Gasteiger partial charge < -0.3 is 4.74 Å². The lowest BCUT2D eigenvalue weighted by Crippen LogP contribution is -2.34. The van der Waals surface area contributed by atoms with Crippen LogP contribution in [0.25, 0.3) is 0 Å². The summed E-state index contributed by atoms with van der Waals surface area (Å²) in [5, 5.41) is 0. The molecule has 0 unspecified atom stereocenters. The molecule has 0 radical (unpaired) electrons. The van der Waals surface area contributed by atoms with Crippen LogP contribution < -0.4 is 0 Å². The van der Waals surface area contributed by atoms with Gasteiger partial charge in [0.2, 0.25) is 0 Å². The van der Waals surface area contributed by atoms with Crippen molar-refractivity contribution in [3.8, 4) is 0 Å². The van der Waals surface area contributed by atoms with Gasteiger partial charge in [-0.15, -0.1) is 0 Å². The van der Waals surface area contributed by atoms with E-state index < -0.39 is 0 Å². The Hall–Kier alpha value is -0.460. The summed E-state index contributed by atoms with van der Waals surface area (Å²) in [4.78, 5) is 0. The van der Waals surface area contributed by atoms with Crippen molar-refractivity contribution in [3.63, 3.8) is 0 Å². The standard InChI is InChI=1S/C15H28O/c1-6-13(7-2)16-15-10-12(5)8-9-14(15)11(3)4/h6,11-12,14-15H,7-10H2,1-5H3/b13-6+/t12-,14+,15-/m1/s1. The maximum Gasteiger partial charge on any atom is 0.101 e. The molecule has 94 valence electrons. The Labute approximate surface area is 101 Å². The molecule has 0 aliphatic heterocycles. The molecule has 0 aromatic rings. The van der Waals surface area contributed by atoms with E-state index in [-0.39, 0.29) is 0 Å². The quantitative estimate of drug-likeness (QED) is 0.625. The minimum Gasteiger partial charge on any atom is -0.495 e. The molecular weight excluding hydrogens is 196 g/mol. The molecular formula is C15H28O. The first-order valence-electron chi connectivity index (χ1n) is 6.90. The Balaban J connectivity index is 2.64. The second-order valence-electron chi connectivity index (χ2n) is 5.59. The summed E-state index contributed by atoms with van der Waals surface area (Å²) >= 11 is 0. The van der Waals surface area contributed by atoms with Gasteiger partial charge in [0.25, 0.3) is 0 Å². The lowest BCUT2D eigenvalue weighted by atomic mass is 9.75. The third-order valence-corrected chi connectivity index (χ3v) is 3.93. The van der Waals surface area contributed by atoms with Crippen molar-refractivity contribution in [1.29, 1.82) is 0 Å². The van der Waals surface area contributed by atoms with Gasteiger partial charge in [0.05, 0.1) is 5.76 Å². The summed E-state index contributed by atoms with van der Waals surface area (Å²) in [6.45, 7) is 11.3. The largest absolute Gasteiger partial charge is 0.495 e. The zero-order chi connectivity index (χ0) is 12.1. The van der Waals surface area contributed by atoms with Crippen molar-refractivity contribution in [2.45, 2.75) is 66.4 Å². The molecule has 3 atom stereocenters. The second-order valence-corrected chi connectivity index (χ2v) is 5.59. The molecule has 0 amide bonds. The average molecular weight is 224 g/mol. The zero-order valence-corrected chi connectivity index (χ0v) is 11.6. The summed E-state index contributed by atoms with van der Waals surface area (Å²) in [6.07, 6.45) is 7.54. The average Bonchev–Trinajstić information content (AvgIpc) is 2.25. The predicted octanol–water partition coefficient (Wildman–Crippen LogP) is 4.78. The maximum atomic E-state index is 6.20. The molecule has 1 fully saturated rings. The summed E-state index contributed by atoms with van der Waals surface area (Å²) in [6, 6.07) is 0. The van der Waals surface area contributed by atoms with Gasteiger partial charge in [0.15, 0.2) is 0 Å². The van der Waals surface area contributed by atoms with Crippen molar-refractivity contribution in [2.75, 3.05) is 0 Å². The highest BCUT2D eigenvalue weighted by molar-refractivity contribution is 4.92.